The lowest BCUT2D eigenvalue weighted by molar-refractivity contribution is 0.251. The van der Waals surface area contributed by atoms with Gasteiger partial charge in [-0.2, -0.15) is 11.8 Å². The molecule has 0 atom stereocenters. The first-order chi connectivity index (χ1) is 12.2. The fraction of sp³-hybridized carbons (Fsp3) is 0.350. The van der Waals surface area contributed by atoms with Crippen LogP contribution in [0.3, 0.4) is 0 Å². The molecule has 1 saturated heterocycles. The van der Waals surface area contributed by atoms with Crippen molar-refractivity contribution in [3.63, 3.8) is 0 Å². The quantitative estimate of drug-likeness (QED) is 0.856. The second-order valence-corrected chi connectivity index (χ2v) is 7.50. The van der Waals surface area contributed by atoms with Gasteiger partial charge in [-0.25, -0.2) is 4.79 Å². The fourth-order valence-electron chi connectivity index (χ4n) is 2.93. The molecular formula is C20H25N3OS. The van der Waals surface area contributed by atoms with E-state index in [1.165, 1.54) is 22.6 Å². The molecule has 0 aliphatic carbocycles. The second-order valence-electron chi connectivity index (χ2n) is 6.28. The van der Waals surface area contributed by atoms with Crippen LogP contribution in [0.5, 0.6) is 0 Å². The summed E-state index contributed by atoms with van der Waals surface area (Å²) in [4.78, 5) is 14.7. The van der Waals surface area contributed by atoms with Crippen LogP contribution < -0.4 is 10.6 Å². The van der Waals surface area contributed by atoms with Crippen LogP contribution in [0, 0.1) is 6.92 Å². The van der Waals surface area contributed by atoms with E-state index in [9.17, 15) is 4.79 Å². The smallest absolute Gasteiger partial charge is 0.319 e. The molecule has 0 saturated carbocycles. The molecule has 0 unspecified atom stereocenters. The van der Waals surface area contributed by atoms with Crippen molar-refractivity contribution in [1.82, 2.24) is 10.2 Å². The van der Waals surface area contributed by atoms with Crippen LogP contribution in [-0.4, -0.2) is 35.5 Å². The maximum Gasteiger partial charge on any atom is 0.319 e. The van der Waals surface area contributed by atoms with E-state index in [0.29, 0.717) is 6.54 Å². The molecule has 0 bridgehead atoms. The number of carbonyl (C=O) groups excluding carboxylic acids is 1. The summed E-state index contributed by atoms with van der Waals surface area (Å²) in [5.41, 5.74) is 4.38. The number of rotatable bonds is 5. The second kappa shape index (κ2) is 8.92. The molecule has 25 heavy (non-hydrogen) atoms. The van der Waals surface area contributed by atoms with Gasteiger partial charge < -0.3 is 10.6 Å². The van der Waals surface area contributed by atoms with E-state index in [0.717, 1.165) is 30.9 Å². The zero-order valence-electron chi connectivity index (χ0n) is 14.6. The van der Waals surface area contributed by atoms with Gasteiger partial charge in [-0.15, -0.1) is 0 Å². The van der Waals surface area contributed by atoms with E-state index in [-0.39, 0.29) is 6.03 Å². The monoisotopic (exact) mass is 355 g/mol. The number of hydrogen-bond acceptors (Lipinski definition) is 3. The summed E-state index contributed by atoms with van der Waals surface area (Å²) in [6.45, 7) is 5.69. The van der Waals surface area contributed by atoms with E-state index < -0.39 is 0 Å². The van der Waals surface area contributed by atoms with Gasteiger partial charge in [0.15, 0.2) is 0 Å². The molecule has 2 amide bonds. The number of thioether (sulfide) groups is 1. The van der Waals surface area contributed by atoms with Gasteiger partial charge in [-0.3, -0.25) is 4.90 Å². The van der Waals surface area contributed by atoms with Crippen molar-refractivity contribution in [2.45, 2.75) is 20.0 Å². The normalized spacial score (nSPS) is 14.9. The Balaban J connectivity index is 1.58. The van der Waals surface area contributed by atoms with Crippen LogP contribution in [0.4, 0.5) is 10.5 Å². The third-order valence-electron chi connectivity index (χ3n) is 4.46. The summed E-state index contributed by atoms with van der Waals surface area (Å²) < 4.78 is 0. The van der Waals surface area contributed by atoms with Crippen LogP contribution in [-0.2, 0) is 13.1 Å². The standard InChI is InChI=1S/C20H25N3OS/c1-16-6-2-3-7-17(16)14-21-20(24)22-19-9-5-4-8-18(19)15-23-10-12-25-13-11-23/h2-9H,10-15H2,1H3,(H2,21,22,24). The van der Waals surface area contributed by atoms with E-state index in [1.807, 2.05) is 48.2 Å². The Labute approximate surface area is 154 Å². The minimum Gasteiger partial charge on any atom is -0.334 e. The van der Waals surface area contributed by atoms with E-state index in [2.05, 4.69) is 34.6 Å². The summed E-state index contributed by atoms with van der Waals surface area (Å²) in [7, 11) is 0. The first kappa shape index (κ1) is 17.8. The van der Waals surface area contributed by atoms with Crippen molar-refractivity contribution >= 4 is 23.5 Å². The van der Waals surface area contributed by atoms with Gasteiger partial charge in [-0.05, 0) is 29.7 Å². The lowest BCUT2D eigenvalue weighted by Gasteiger charge is -2.27. The number of urea groups is 1. The van der Waals surface area contributed by atoms with Gasteiger partial charge in [-0.1, -0.05) is 42.5 Å². The largest absolute Gasteiger partial charge is 0.334 e. The van der Waals surface area contributed by atoms with Crippen molar-refractivity contribution in [2.75, 3.05) is 29.9 Å². The molecule has 3 rings (SSSR count). The third-order valence-corrected chi connectivity index (χ3v) is 5.41. The van der Waals surface area contributed by atoms with E-state index in [4.69, 9.17) is 0 Å². The molecule has 0 radical (unpaired) electrons. The number of nitrogens with one attached hydrogen (secondary N) is 2. The maximum absolute atomic E-state index is 12.3. The van der Waals surface area contributed by atoms with Crippen molar-refractivity contribution in [3.05, 3.63) is 65.2 Å². The minimum absolute atomic E-state index is 0.162. The van der Waals surface area contributed by atoms with Crippen LogP contribution in [0.25, 0.3) is 0 Å². The minimum atomic E-state index is -0.162. The first-order valence-corrected chi connectivity index (χ1v) is 9.85. The molecule has 1 aliphatic heterocycles. The number of benzene rings is 2. The number of hydrogen-bond donors (Lipinski definition) is 2. The Hall–Kier alpha value is -1.98. The molecule has 132 valence electrons. The molecule has 5 heteroatoms. The van der Waals surface area contributed by atoms with Crippen LogP contribution >= 0.6 is 11.8 Å². The maximum atomic E-state index is 12.3. The van der Waals surface area contributed by atoms with Gasteiger partial charge in [0.05, 0.1) is 0 Å². The van der Waals surface area contributed by atoms with Gasteiger partial charge in [0, 0.05) is 43.4 Å². The van der Waals surface area contributed by atoms with E-state index in [1.54, 1.807) is 0 Å². The molecule has 0 spiro atoms. The summed E-state index contributed by atoms with van der Waals surface area (Å²) in [5, 5.41) is 5.96. The lowest BCUT2D eigenvalue weighted by atomic mass is 10.1. The highest BCUT2D eigenvalue weighted by molar-refractivity contribution is 7.99. The summed E-state index contributed by atoms with van der Waals surface area (Å²) in [6, 6.07) is 16.0. The molecule has 2 aromatic carbocycles. The van der Waals surface area contributed by atoms with Gasteiger partial charge in [0.25, 0.3) is 0 Å². The molecule has 0 aromatic heterocycles. The Kier molecular flexibility index (Phi) is 6.36. The highest BCUT2D eigenvalue weighted by Crippen LogP contribution is 2.19. The SMILES string of the molecule is Cc1ccccc1CNC(=O)Nc1ccccc1CN1CCSCC1. The van der Waals surface area contributed by atoms with Gasteiger partial charge >= 0.3 is 6.03 Å². The molecule has 1 heterocycles. The first-order valence-electron chi connectivity index (χ1n) is 8.70. The zero-order chi connectivity index (χ0) is 17.5. The number of amides is 2. The lowest BCUT2D eigenvalue weighted by Crippen LogP contribution is -2.33. The number of anilines is 1. The van der Waals surface area contributed by atoms with Gasteiger partial charge in [0.1, 0.15) is 0 Å². The Morgan fingerprint density at radius 2 is 1.72 bits per heavy atom. The molecule has 1 aliphatic rings. The molecular weight excluding hydrogens is 330 g/mol. The van der Waals surface area contributed by atoms with Crippen molar-refractivity contribution < 1.29 is 4.79 Å². The predicted octanol–water partition coefficient (Wildman–Crippen LogP) is 3.87. The zero-order valence-corrected chi connectivity index (χ0v) is 15.4. The van der Waals surface area contributed by atoms with Crippen molar-refractivity contribution in [3.8, 4) is 0 Å². The summed E-state index contributed by atoms with van der Waals surface area (Å²) in [6.07, 6.45) is 0. The average Bonchev–Trinajstić information content (AvgIpc) is 2.64. The summed E-state index contributed by atoms with van der Waals surface area (Å²) >= 11 is 2.01. The number of para-hydroxylation sites is 1. The topological polar surface area (TPSA) is 44.4 Å². The average molecular weight is 356 g/mol. The molecule has 4 nitrogen and oxygen atoms in total. The fourth-order valence-corrected chi connectivity index (χ4v) is 3.91. The number of aryl methyl sites for hydroxylation is 1. The number of carbonyl (C=O) groups is 1. The molecule has 2 aromatic rings. The van der Waals surface area contributed by atoms with Crippen molar-refractivity contribution in [1.29, 1.82) is 0 Å². The third kappa shape index (κ3) is 5.25. The van der Waals surface area contributed by atoms with E-state index >= 15 is 0 Å². The molecule has 1 fully saturated rings. The van der Waals surface area contributed by atoms with Crippen LogP contribution in [0.15, 0.2) is 48.5 Å². The van der Waals surface area contributed by atoms with Gasteiger partial charge in [0.2, 0.25) is 0 Å². The summed E-state index contributed by atoms with van der Waals surface area (Å²) in [5.74, 6) is 2.37. The molecule has 2 N–H and O–H groups in total. The highest BCUT2D eigenvalue weighted by atomic mass is 32.2. The number of nitrogens with zero attached hydrogens (tertiary/aromatic N) is 1. The Morgan fingerprint density at radius 1 is 1.04 bits per heavy atom. The highest BCUT2D eigenvalue weighted by Gasteiger charge is 2.13. The Morgan fingerprint density at radius 3 is 2.48 bits per heavy atom. The predicted molar refractivity (Wildman–Crippen MR) is 106 cm³/mol. The van der Waals surface area contributed by atoms with Crippen LogP contribution in [0.2, 0.25) is 0 Å². The van der Waals surface area contributed by atoms with Crippen LogP contribution in [0.1, 0.15) is 16.7 Å². The van der Waals surface area contributed by atoms with Crippen molar-refractivity contribution in [2.24, 2.45) is 0 Å². The Bertz CT molecular complexity index is 714.